The highest BCUT2D eigenvalue weighted by Crippen LogP contribution is 2.35. The number of rotatable bonds is 9. The standard InChI is InChI=1S/C16H19ClN2OS.C9H8F2O2/c1-3-6-14(17)9-8-13(2)21-12-11-19-16(20)15-7-4-5-10-18-15;10-7-3-4-8(13-11)6-2-1-5-12-9(6)7/h3-10,13H,1,11-12H2,2H3,(H,19,20);3-4H,1-2,5H2/b9-8-,14-6+;. The molecular formula is C25H27ClF2N2O3S. The molecule has 3 rings (SSSR count). The molecule has 2 aromatic rings. The van der Waals surface area contributed by atoms with Crippen molar-refractivity contribution >= 4 is 29.3 Å². The number of fused-ring (bicyclic) bond motifs is 1. The summed E-state index contributed by atoms with van der Waals surface area (Å²) in [5, 5.41) is 3.82. The molecule has 1 amide bonds. The molecule has 1 aromatic carbocycles. The van der Waals surface area contributed by atoms with Gasteiger partial charge in [0.2, 0.25) is 0 Å². The average molecular weight is 509 g/mol. The van der Waals surface area contributed by atoms with Crippen molar-refractivity contribution in [1.29, 1.82) is 0 Å². The summed E-state index contributed by atoms with van der Waals surface area (Å²) in [4.78, 5) is 19.4. The number of aromatic nitrogens is 1. The lowest BCUT2D eigenvalue weighted by molar-refractivity contribution is -0.00823. The zero-order chi connectivity index (χ0) is 24.8. The van der Waals surface area contributed by atoms with E-state index in [0.29, 0.717) is 41.1 Å². The van der Waals surface area contributed by atoms with Crippen LogP contribution in [0.1, 0.15) is 29.4 Å². The minimum Gasteiger partial charge on any atom is -0.490 e. The van der Waals surface area contributed by atoms with Crippen molar-refractivity contribution in [2.24, 2.45) is 0 Å². The van der Waals surface area contributed by atoms with Gasteiger partial charge in [0.25, 0.3) is 5.91 Å². The molecule has 1 aliphatic rings. The lowest BCUT2D eigenvalue weighted by atomic mass is 10.1. The number of thioether (sulfide) groups is 1. The van der Waals surface area contributed by atoms with Gasteiger partial charge in [-0.05, 0) is 56.2 Å². The van der Waals surface area contributed by atoms with E-state index in [1.807, 2.05) is 12.2 Å². The molecule has 0 saturated heterocycles. The highest BCUT2D eigenvalue weighted by atomic mass is 35.5. The smallest absolute Gasteiger partial charge is 0.269 e. The Labute approximate surface area is 207 Å². The molecule has 5 nitrogen and oxygen atoms in total. The zero-order valence-electron chi connectivity index (χ0n) is 18.8. The first-order valence-electron chi connectivity index (χ1n) is 10.7. The third-order valence-electron chi connectivity index (χ3n) is 4.54. The van der Waals surface area contributed by atoms with Gasteiger partial charge in [-0.3, -0.25) is 14.7 Å². The Balaban J connectivity index is 0.000000266. The molecule has 0 fully saturated rings. The molecule has 0 spiro atoms. The lowest BCUT2D eigenvalue weighted by Gasteiger charge is -2.18. The fraction of sp³-hybridized carbons (Fsp3) is 0.280. The number of pyridine rings is 1. The van der Waals surface area contributed by atoms with E-state index < -0.39 is 5.82 Å². The summed E-state index contributed by atoms with van der Waals surface area (Å²) in [5.41, 5.74) is 0.922. The Morgan fingerprint density at radius 3 is 2.94 bits per heavy atom. The zero-order valence-corrected chi connectivity index (χ0v) is 20.4. The summed E-state index contributed by atoms with van der Waals surface area (Å²) in [6.45, 7) is 6.75. The number of halogens is 3. The van der Waals surface area contributed by atoms with E-state index in [-0.39, 0.29) is 17.4 Å². The van der Waals surface area contributed by atoms with Crippen molar-refractivity contribution in [1.82, 2.24) is 10.3 Å². The molecule has 1 aliphatic heterocycles. The molecule has 0 bridgehead atoms. The molecule has 1 atom stereocenters. The first-order chi connectivity index (χ1) is 16.5. The molecule has 182 valence electrons. The van der Waals surface area contributed by atoms with E-state index in [1.54, 1.807) is 48.3 Å². The summed E-state index contributed by atoms with van der Waals surface area (Å²) < 4.78 is 30.1. The minimum atomic E-state index is -0.462. The van der Waals surface area contributed by atoms with Gasteiger partial charge in [-0.25, -0.2) is 4.39 Å². The minimum absolute atomic E-state index is 0.0519. The van der Waals surface area contributed by atoms with E-state index >= 15 is 0 Å². The Bertz CT molecular complexity index is 1000. The molecule has 0 saturated carbocycles. The van der Waals surface area contributed by atoms with E-state index in [2.05, 4.69) is 28.7 Å². The van der Waals surface area contributed by atoms with Gasteiger partial charge < -0.3 is 10.1 Å². The Morgan fingerprint density at radius 2 is 2.24 bits per heavy atom. The number of hydrogen-bond donors (Lipinski definition) is 1. The summed E-state index contributed by atoms with van der Waals surface area (Å²) in [5.74, 6) is 0.400. The third kappa shape index (κ3) is 9.19. The Hall–Kier alpha value is -2.84. The molecule has 1 unspecified atom stereocenters. The van der Waals surface area contributed by atoms with Crippen LogP contribution in [-0.2, 0) is 6.42 Å². The van der Waals surface area contributed by atoms with Crippen LogP contribution in [0.5, 0.6) is 11.5 Å². The number of ether oxygens (including phenoxy) is 1. The van der Waals surface area contributed by atoms with Gasteiger partial charge >= 0.3 is 0 Å². The molecular weight excluding hydrogens is 482 g/mol. The van der Waals surface area contributed by atoms with Crippen LogP contribution in [0.2, 0.25) is 0 Å². The second-order valence-corrected chi connectivity index (χ2v) is 9.00. The van der Waals surface area contributed by atoms with Gasteiger partial charge in [0.15, 0.2) is 17.3 Å². The van der Waals surface area contributed by atoms with Crippen molar-refractivity contribution in [2.45, 2.75) is 25.0 Å². The fourth-order valence-electron chi connectivity index (χ4n) is 2.92. The molecule has 1 aromatic heterocycles. The second-order valence-electron chi connectivity index (χ2n) is 7.08. The number of nitrogens with one attached hydrogen (secondary N) is 1. The van der Waals surface area contributed by atoms with Gasteiger partial charge in [0, 0.05) is 38.9 Å². The first-order valence-corrected chi connectivity index (χ1v) is 12.1. The highest BCUT2D eigenvalue weighted by molar-refractivity contribution is 8.00. The average Bonchev–Trinajstić information content (AvgIpc) is 2.87. The number of carbonyl (C=O) groups excluding carboxylic acids is 1. The number of benzene rings is 1. The lowest BCUT2D eigenvalue weighted by Crippen LogP contribution is -2.26. The Morgan fingerprint density at radius 1 is 1.41 bits per heavy atom. The molecule has 1 N–H and O–H groups in total. The molecule has 34 heavy (non-hydrogen) atoms. The summed E-state index contributed by atoms with van der Waals surface area (Å²) >= 11 is 7.67. The van der Waals surface area contributed by atoms with Crippen LogP contribution in [0.15, 0.2) is 72.4 Å². The van der Waals surface area contributed by atoms with Gasteiger partial charge in [-0.15, -0.1) is 0 Å². The van der Waals surface area contributed by atoms with Gasteiger partial charge in [0.1, 0.15) is 5.69 Å². The summed E-state index contributed by atoms with van der Waals surface area (Å²) in [7, 11) is 0. The van der Waals surface area contributed by atoms with Gasteiger partial charge in [-0.2, -0.15) is 11.8 Å². The highest BCUT2D eigenvalue weighted by Gasteiger charge is 2.20. The van der Waals surface area contributed by atoms with Crippen molar-refractivity contribution in [3.05, 3.63) is 89.5 Å². The second kappa shape index (κ2) is 15.1. The van der Waals surface area contributed by atoms with Crippen LogP contribution in [-0.4, -0.2) is 35.0 Å². The maximum Gasteiger partial charge on any atom is 0.269 e. The van der Waals surface area contributed by atoms with Crippen molar-refractivity contribution < 1.29 is 23.4 Å². The third-order valence-corrected chi connectivity index (χ3v) is 5.91. The van der Waals surface area contributed by atoms with Gasteiger partial charge in [0.05, 0.1) is 6.61 Å². The topological polar surface area (TPSA) is 60.5 Å². The maximum atomic E-state index is 13.1. The van der Waals surface area contributed by atoms with E-state index in [4.69, 9.17) is 16.3 Å². The predicted molar refractivity (Wildman–Crippen MR) is 134 cm³/mol. The van der Waals surface area contributed by atoms with E-state index in [1.165, 1.54) is 6.07 Å². The quantitative estimate of drug-likeness (QED) is 0.322. The van der Waals surface area contributed by atoms with Crippen LogP contribution in [0.3, 0.4) is 0 Å². The van der Waals surface area contributed by atoms with Crippen LogP contribution in [0.25, 0.3) is 0 Å². The molecule has 0 aliphatic carbocycles. The normalized spacial score (nSPS) is 13.7. The summed E-state index contributed by atoms with van der Waals surface area (Å²) in [6, 6.07) is 7.68. The number of nitrogens with zero attached hydrogens (tertiary/aromatic N) is 1. The maximum absolute atomic E-state index is 13.1. The predicted octanol–water partition coefficient (Wildman–Crippen LogP) is 6.21. The molecule has 2 heterocycles. The number of amides is 1. The van der Waals surface area contributed by atoms with Crippen molar-refractivity contribution in [2.75, 3.05) is 18.9 Å². The molecule has 0 radical (unpaired) electrons. The first kappa shape index (κ1) is 27.4. The van der Waals surface area contributed by atoms with E-state index in [9.17, 15) is 13.7 Å². The summed E-state index contributed by atoms with van der Waals surface area (Å²) in [6.07, 6.45) is 10.2. The number of hydrogen-bond acceptors (Lipinski definition) is 5. The van der Waals surface area contributed by atoms with Crippen LogP contribution < -0.4 is 15.0 Å². The molecule has 9 heteroatoms. The van der Waals surface area contributed by atoms with E-state index in [0.717, 1.165) is 18.2 Å². The Kier molecular flexibility index (Phi) is 12.2. The van der Waals surface area contributed by atoms with Crippen molar-refractivity contribution in [3.63, 3.8) is 0 Å². The largest absolute Gasteiger partial charge is 0.490 e. The number of allylic oxidation sites excluding steroid dienone is 4. The van der Waals surface area contributed by atoms with Crippen LogP contribution in [0, 0.1) is 5.82 Å². The van der Waals surface area contributed by atoms with Crippen LogP contribution in [0.4, 0.5) is 8.92 Å². The monoisotopic (exact) mass is 508 g/mol. The van der Waals surface area contributed by atoms with Crippen molar-refractivity contribution in [3.8, 4) is 11.5 Å². The van der Waals surface area contributed by atoms with Crippen LogP contribution >= 0.6 is 23.4 Å². The SMILES string of the molecule is C=C/C=C(Cl)\C=C/C(C)SCCNC(=O)c1ccccn1.FOc1ccc(F)c2c1CCCO2. The fourth-order valence-corrected chi connectivity index (χ4v) is 3.86. The van der Waals surface area contributed by atoms with Gasteiger partial charge in [-0.1, -0.05) is 36.4 Å². The number of carbonyl (C=O) groups is 1.